The molecule has 0 aromatic rings. The van der Waals surface area contributed by atoms with Gasteiger partial charge in [0.2, 0.25) is 0 Å². The van der Waals surface area contributed by atoms with Crippen molar-refractivity contribution in [3.8, 4) is 0 Å². The second kappa shape index (κ2) is 4.09. The molecular weight excluding hydrogens is 168 g/mol. The summed E-state index contributed by atoms with van der Waals surface area (Å²) in [6.07, 6.45) is 4.19. The van der Waals surface area contributed by atoms with E-state index in [9.17, 15) is 9.90 Å². The summed E-state index contributed by atoms with van der Waals surface area (Å²) in [5, 5.41) is 9.97. The van der Waals surface area contributed by atoms with Crippen LogP contribution in [-0.4, -0.2) is 23.8 Å². The number of aliphatic hydroxyl groups is 1. The predicted molar refractivity (Wildman–Crippen MR) is 49.2 cm³/mol. The lowest BCUT2D eigenvalue weighted by Crippen LogP contribution is -2.43. The van der Waals surface area contributed by atoms with Crippen molar-refractivity contribution >= 4 is 5.97 Å². The number of esters is 1. The third kappa shape index (κ3) is 2.21. The van der Waals surface area contributed by atoms with Gasteiger partial charge in [-0.3, -0.25) is 0 Å². The standard InChI is InChI=1S/C10H18O3/c1-3-8-5-4-6-10(12,7-8)9(11)13-2/h8,12H,3-7H2,1-2H3. The highest BCUT2D eigenvalue weighted by molar-refractivity contribution is 5.79. The Kier molecular flexibility index (Phi) is 3.31. The van der Waals surface area contributed by atoms with Gasteiger partial charge in [0.05, 0.1) is 7.11 Å². The smallest absolute Gasteiger partial charge is 0.337 e. The van der Waals surface area contributed by atoms with Crippen molar-refractivity contribution in [2.75, 3.05) is 7.11 Å². The normalized spacial score (nSPS) is 34.2. The van der Waals surface area contributed by atoms with Crippen LogP contribution in [0.25, 0.3) is 0 Å². The monoisotopic (exact) mass is 186 g/mol. The van der Waals surface area contributed by atoms with Crippen LogP contribution >= 0.6 is 0 Å². The maximum absolute atomic E-state index is 11.3. The van der Waals surface area contributed by atoms with E-state index in [1.807, 2.05) is 0 Å². The SMILES string of the molecule is CCC1CCCC(O)(C(=O)OC)C1. The van der Waals surface area contributed by atoms with Gasteiger partial charge in [-0.2, -0.15) is 0 Å². The first-order valence-corrected chi connectivity index (χ1v) is 4.93. The van der Waals surface area contributed by atoms with Crippen LogP contribution in [0.15, 0.2) is 0 Å². The van der Waals surface area contributed by atoms with Crippen molar-refractivity contribution < 1.29 is 14.6 Å². The van der Waals surface area contributed by atoms with Gasteiger partial charge < -0.3 is 9.84 Å². The zero-order valence-corrected chi connectivity index (χ0v) is 8.38. The van der Waals surface area contributed by atoms with Gasteiger partial charge in [-0.25, -0.2) is 4.79 Å². The van der Waals surface area contributed by atoms with Crippen molar-refractivity contribution in [1.82, 2.24) is 0 Å². The molecule has 3 heteroatoms. The molecule has 1 N–H and O–H groups in total. The van der Waals surface area contributed by atoms with Crippen LogP contribution in [0.1, 0.15) is 39.0 Å². The summed E-state index contributed by atoms with van der Waals surface area (Å²) >= 11 is 0. The number of methoxy groups -OCH3 is 1. The lowest BCUT2D eigenvalue weighted by molar-refractivity contribution is -0.167. The molecule has 0 heterocycles. The molecule has 13 heavy (non-hydrogen) atoms. The van der Waals surface area contributed by atoms with E-state index in [1.54, 1.807) is 0 Å². The van der Waals surface area contributed by atoms with Crippen molar-refractivity contribution in [1.29, 1.82) is 0 Å². The first-order valence-electron chi connectivity index (χ1n) is 4.93. The zero-order chi connectivity index (χ0) is 9.90. The topological polar surface area (TPSA) is 46.5 Å². The molecule has 1 fully saturated rings. The Labute approximate surface area is 79.1 Å². The highest BCUT2D eigenvalue weighted by Gasteiger charge is 2.41. The van der Waals surface area contributed by atoms with Crippen LogP contribution < -0.4 is 0 Å². The van der Waals surface area contributed by atoms with Gasteiger partial charge in [0, 0.05) is 0 Å². The van der Waals surface area contributed by atoms with Crippen LogP contribution in [0.2, 0.25) is 0 Å². The van der Waals surface area contributed by atoms with Crippen molar-refractivity contribution in [3.05, 3.63) is 0 Å². The molecule has 1 aliphatic rings. The van der Waals surface area contributed by atoms with Gasteiger partial charge >= 0.3 is 5.97 Å². The van der Waals surface area contributed by atoms with Crippen LogP contribution in [-0.2, 0) is 9.53 Å². The van der Waals surface area contributed by atoms with E-state index in [0.29, 0.717) is 18.8 Å². The van der Waals surface area contributed by atoms with Crippen LogP contribution in [0.3, 0.4) is 0 Å². The summed E-state index contributed by atoms with van der Waals surface area (Å²) in [7, 11) is 1.33. The minimum absolute atomic E-state index is 0.467. The molecule has 1 rings (SSSR count). The molecule has 3 nitrogen and oxygen atoms in total. The van der Waals surface area contributed by atoms with E-state index in [2.05, 4.69) is 11.7 Å². The minimum atomic E-state index is -1.20. The second-order valence-corrected chi connectivity index (χ2v) is 3.89. The highest BCUT2D eigenvalue weighted by Crippen LogP contribution is 2.34. The Morgan fingerprint density at radius 2 is 2.38 bits per heavy atom. The van der Waals surface area contributed by atoms with Gasteiger partial charge in [-0.15, -0.1) is 0 Å². The van der Waals surface area contributed by atoms with E-state index in [0.717, 1.165) is 19.3 Å². The Balaban J connectivity index is 2.62. The van der Waals surface area contributed by atoms with Gasteiger partial charge in [-0.1, -0.05) is 19.8 Å². The summed E-state index contributed by atoms with van der Waals surface area (Å²) in [6.45, 7) is 2.09. The number of hydrogen-bond acceptors (Lipinski definition) is 3. The van der Waals surface area contributed by atoms with E-state index in [-0.39, 0.29) is 0 Å². The second-order valence-electron chi connectivity index (χ2n) is 3.89. The predicted octanol–water partition coefficient (Wildman–Crippen LogP) is 1.49. The van der Waals surface area contributed by atoms with Gasteiger partial charge in [0.25, 0.3) is 0 Å². The molecular formula is C10H18O3. The maximum Gasteiger partial charge on any atom is 0.337 e. The molecule has 0 saturated heterocycles. The van der Waals surface area contributed by atoms with Crippen molar-refractivity contribution in [2.45, 2.75) is 44.6 Å². The molecule has 2 atom stereocenters. The number of carbonyl (C=O) groups excluding carboxylic acids is 1. The molecule has 1 saturated carbocycles. The zero-order valence-electron chi connectivity index (χ0n) is 8.38. The first kappa shape index (κ1) is 10.5. The maximum atomic E-state index is 11.3. The van der Waals surface area contributed by atoms with Crippen LogP contribution in [0, 0.1) is 5.92 Å². The molecule has 0 spiro atoms. The summed E-state index contributed by atoms with van der Waals surface area (Å²) in [5.41, 5.74) is -1.20. The lowest BCUT2D eigenvalue weighted by Gasteiger charge is -2.33. The molecule has 76 valence electrons. The fraction of sp³-hybridized carbons (Fsp3) is 0.900. The Morgan fingerprint density at radius 1 is 1.69 bits per heavy atom. The molecule has 0 radical (unpaired) electrons. The molecule has 0 aromatic heterocycles. The summed E-state index contributed by atoms with van der Waals surface area (Å²) < 4.78 is 4.60. The van der Waals surface area contributed by atoms with Crippen molar-refractivity contribution in [3.63, 3.8) is 0 Å². The van der Waals surface area contributed by atoms with Crippen LogP contribution in [0.5, 0.6) is 0 Å². The molecule has 1 aliphatic carbocycles. The molecule has 0 aliphatic heterocycles. The van der Waals surface area contributed by atoms with Gasteiger partial charge in [0.15, 0.2) is 5.60 Å². The lowest BCUT2D eigenvalue weighted by atomic mass is 9.77. The Morgan fingerprint density at radius 3 is 2.92 bits per heavy atom. The van der Waals surface area contributed by atoms with E-state index in [1.165, 1.54) is 7.11 Å². The molecule has 0 bridgehead atoms. The average Bonchev–Trinajstić information content (AvgIpc) is 2.16. The fourth-order valence-electron chi connectivity index (χ4n) is 2.09. The van der Waals surface area contributed by atoms with Gasteiger partial charge in [0.1, 0.15) is 0 Å². The third-order valence-corrected chi connectivity index (χ3v) is 2.97. The van der Waals surface area contributed by atoms with E-state index >= 15 is 0 Å². The van der Waals surface area contributed by atoms with Gasteiger partial charge in [-0.05, 0) is 25.2 Å². The Hall–Kier alpha value is -0.570. The molecule has 0 amide bonds. The first-order chi connectivity index (χ1) is 6.12. The third-order valence-electron chi connectivity index (χ3n) is 2.97. The summed E-state index contributed by atoms with van der Waals surface area (Å²) in [4.78, 5) is 11.3. The number of carbonyl (C=O) groups is 1. The number of rotatable bonds is 2. The largest absolute Gasteiger partial charge is 0.467 e. The van der Waals surface area contributed by atoms with Crippen molar-refractivity contribution in [2.24, 2.45) is 5.92 Å². The number of ether oxygens (including phenoxy) is 1. The average molecular weight is 186 g/mol. The van der Waals surface area contributed by atoms with E-state index in [4.69, 9.17) is 0 Å². The van der Waals surface area contributed by atoms with E-state index < -0.39 is 11.6 Å². The molecule has 2 unspecified atom stereocenters. The van der Waals surface area contributed by atoms with Crippen LogP contribution in [0.4, 0.5) is 0 Å². The fourth-order valence-corrected chi connectivity index (χ4v) is 2.09. The molecule has 0 aromatic carbocycles. The summed E-state index contributed by atoms with van der Waals surface area (Å²) in [6, 6.07) is 0. The quantitative estimate of drug-likeness (QED) is 0.665. The number of hydrogen-bond donors (Lipinski definition) is 1. The highest BCUT2D eigenvalue weighted by atomic mass is 16.5. The summed E-state index contributed by atoms with van der Waals surface area (Å²) in [5.74, 6) is 0.00324. The Bertz CT molecular complexity index is 191. The minimum Gasteiger partial charge on any atom is -0.467 e.